The standard InChI is InChI=1S/C7H6N2/c1-3-5-7-9-8-6-4-2/h1,4,6H,2H3/b6-4-,9-8?. The van der Waals surface area contributed by atoms with Gasteiger partial charge in [0.2, 0.25) is 0 Å². The molecule has 2 nitrogen and oxygen atoms in total. The smallest absolute Gasteiger partial charge is 0.0719 e. The van der Waals surface area contributed by atoms with Crippen molar-refractivity contribution < 1.29 is 0 Å². The Bertz CT molecular complexity index is 207. The first-order chi connectivity index (χ1) is 4.41. The Morgan fingerprint density at radius 1 is 1.56 bits per heavy atom. The molecule has 0 unspecified atom stereocenters. The maximum atomic E-state index is 4.80. The van der Waals surface area contributed by atoms with Crippen molar-refractivity contribution in [2.45, 2.75) is 6.92 Å². The van der Waals surface area contributed by atoms with Crippen molar-refractivity contribution in [1.82, 2.24) is 0 Å². The summed E-state index contributed by atoms with van der Waals surface area (Å²) in [6, 6.07) is 2.29. The van der Waals surface area contributed by atoms with Crippen LogP contribution in [0.2, 0.25) is 0 Å². The van der Waals surface area contributed by atoms with E-state index in [2.05, 4.69) is 28.1 Å². The highest BCUT2D eigenvalue weighted by molar-refractivity contribution is 5.20. The summed E-state index contributed by atoms with van der Waals surface area (Å²) in [5, 5.41) is 6.89. The molecule has 0 rings (SSSR count). The van der Waals surface area contributed by atoms with Crippen LogP contribution < -0.4 is 0 Å². The molecule has 44 valence electrons. The number of azo groups is 1. The van der Waals surface area contributed by atoms with E-state index in [0.29, 0.717) is 0 Å². The van der Waals surface area contributed by atoms with Crippen molar-refractivity contribution in [3.63, 3.8) is 0 Å². The Labute approximate surface area is 54.7 Å². The van der Waals surface area contributed by atoms with Crippen LogP contribution in [-0.4, -0.2) is 0 Å². The molecule has 0 aromatic carbocycles. The van der Waals surface area contributed by atoms with Crippen LogP contribution in [0.4, 0.5) is 0 Å². The fourth-order valence-electron chi connectivity index (χ4n) is 0.186. The highest BCUT2D eigenvalue weighted by Crippen LogP contribution is 1.74. The monoisotopic (exact) mass is 118 g/mol. The summed E-state index contributed by atoms with van der Waals surface area (Å²) in [5.74, 6) is 4.40. The summed E-state index contributed by atoms with van der Waals surface area (Å²) in [5.41, 5.74) is 0. The molecule has 0 aromatic rings. The molecule has 0 aliphatic heterocycles. The highest BCUT2D eigenvalue weighted by atomic mass is 15.1. The zero-order chi connectivity index (χ0) is 6.95. The van der Waals surface area contributed by atoms with Gasteiger partial charge in [0, 0.05) is 12.1 Å². The van der Waals surface area contributed by atoms with E-state index in [-0.39, 0.29) is 0 Å². The maximum absolute atomic E-state index is 4.80. The van der Waals surface area contributed by atoms with Crippen molar-refractivity contribution >= 4 is 0 Å². The molecule has 0 heterocycles. The van der Waals surface area contributed by atoms with E-state index in [1.165, 1.54) is 6.20 Å². The lowest BCUT2D eigenvalue weighted by atomic mass is 10.7. The fourth-order valence-corrected chi connectivity index (χ4v) is 0.186. The molecule has 0 saturated carbocycles. The van der Waals surface area contributed by atoms with Gasteiger partial charge in [0.15, 0.2) is 0 Å². The number of allylic oxidation sites excluding steroid dienone is 1. The molecular weight excluding hydrogens is 112 g/mol. The molecule has 0 atom stereocenters. The van der Waals surface area contributed by atoms with Crippen molar-refractivity contribution in [3.8, 4) is 24.3 Å². The minimum absolute atomic E-state index is 1.53. The lowest BCUT2D eigenvalue weighted by Crippen LogP contribution is -1.47. The molecule has 0 saturated heterocycles. The van der Waals surface area contributed by atoms with Crippen molar-refractivity contribution in [3.05, 3.63) is 12.3 Å². The fraction of sp³-hybridized carbons (Fsp3) is 0.143. The van der Waals surface area contributed by atoms with Gasteiger partial charge in [0.05, 0.1) is 6.04 Å². The summed E-state index contributed by atoms with van der Waals surface area (Å²) in [7, 11) is 0. The van der Waals surface area contributed by atoms with Crippen LogP contribution in [0.1, 0.15) is 6.92 Å². The predicted molar refractivity (Wildman–Crippen MR) is 36.3 cm³/mol. The molecule has 2 heteroatoms. The third-order valence-electron chi connectivity index (χ3n) is 0.452. The topological polar surface area (TPSA) is 24.7 Å². The van der Waals surface area contributed by atoms with Gasteiger partial charge in [-0.2, -0.15) is 5.11 Å². The molecule has 0 radical (unpaired) electrons. The molecule has 0 aromatic heterocycles. The first-order valence-corrected chi connectivity index (χ1v) is 2.38. The number of rotatable bonds is 1. The minimum atomic E-state index is 1.53. The predicted octanol–water partition coefficient (Wildman–Crippen LogP) is 1.57. The third-order valence-corrected chi connectivity index (χ3v) is 0.452. The lowest BCUT2D eigenvalue weighted by molar-refractivity contribution is 1.26. The molecule has 0 aliphatic carbocycles. The number of hydrogen-bond donors (Lipinski definition) is 0. The summed E-state index contributed by atoms with van der Waals surface area (Å²) in [4.78, 5) is 0. The summed E-state index contributed by atoms with van der Waals surface area (Å²) in [6.45, 7) is 1.84. The van der Waals surface area contributed by atoms with Crippen LogP contribution >= 0.6 is 0 Å². The van der Waals surface area contributed by atoms with Crippen LogP contribution in [0.15, 0.2) is 22.5 Å². The van der Waals surface area contributed by atoms with Gasteiger partial charge < -0.3 is 0 Å². The van der Waals surface area contributed by atoms with Crippen molar-refractivity contribution in [2.75, 3.05) is 0 Å². The zero-order valence-corrected chi connectivity index (χ0v) is 5.13. The van der Waals surface area contributed by atoms with E-state index in [1.54, 1.807) is 6.08 Å². The van der Waals surface area contributed by atoms with Crippen LogP contribution in [0.3, 0.4) is 0 Å². The third kappa shape index (κ3) is 6.46. The van der Waals surface area contributed by atoms with Gasteiger partial charge in [-0.3, -0.25) is 0 Å². The Morgan fingerprint density at radius 3 is 2.89 bits per heavy atom. The molecule has 9 heavy (non-hydrogen) atoms. The maximum Gasteiger partial charge on any atom is 0.0719 e. The van der Waals surface area contributed by atoms with Gasteiger partial charge in [0.1, 0.15) is 0 Å². The second kappa shape index (κ2) is 6.46. The van der Waals surface area contributed by atoms with Gasteiger partial charge in [-0.15, -0.1) is 6.42 Å². The van der Waals surface area contributed by atoms with E-state index < -0.39 is 0 Å². The quantitative estimate of drug-likeness (QED) is 0.369. The van der Waals surface area contributed by atoms with E-state index in [0.717, 1.165) is 0 Å². The van der Waals surface area contributed by atoms with Crippen LogP contribution in [0, 0.1) is 24.3 Å². The van der Waals surface area contributed by atoms with E-state index >= 15 is 0 Å². The first-order valence-electron chi connectivity index (χ1n) is 2.38. The second-order valence-electron chi connectivity index (χ2n) is 1.08. The van der Waals surface area contributed by atoms with Gasteiger partial charge in [-0.1, -0.05) is 11.2 Å². The van der Waals surface area contributed by atoms with Crippen molar-refractivity contribution in [1.29, 1.82) is 0 Å². The Morgan fingerprint density at radius 2 is 2.33 bits per heavy atom. The average Bonchev–Trinajstić information content (AvgIpc) is 1.89. The van der Waals surface area contributed by atoms with E-state index in [9.17, 15) is 0 Å². The minimum Gasteiger partial charge on any atom is -0.150 e. The van der Waals surface area contributed by atoms with Gasteiger partial charge >= 0.3 is 0 Å². The molecule has 0 aliphatic rings. The second-order valence-corrected chi connectivity index (χ2v) is 1.08. The van der Waals surface area contributed by atoms with Gasteiger partial charge in [-0.05, 0) is 12.8 Å². The van der Waals surface area contributed by atoms with E-state index in [1.807, 2.05) is 6.92 Å². The number of hydrogen-bond acceptors (Lipinski definition) is 2. The summed E-state index contributed by atoms with van der Waals surface area (Å²) in [6.07, 6.45) is 8.08. The average molecular weight is 118 g/mol. The normalized spacial score (nSPS) is 8.89. The van der Waals surface area contributed by atoms with Crippen LogP contribution in [0.25, 0.3) is 0 Å². The Balaban J connectivity index is 3.63. The molecule has 0 fully saturated rings. The van der Waals surface area contributed by atoms with Gasteiger partial charge in [-0.25, -0.2) is 0 Å². The largest absolute Gasteiger partial charge is 0.150 e. The number of terminal acetylenes is 1. The Kier molecular flexibility index (Phi) is 5.35. The van der Waals surface area contributed by atoms with E-state index in [4.69, 9.17) is 6.42 Å². The Hall–Kier alpha value is -1.54. The molecule has 0 spiro atoms. The zero-order valence-electron chi connectivity index (χ0n) is 5.13. The van der Waals surface area contributed by atoms with Crippen molar-refractivity contribution in [2.24, 2.45) is 10.2 Å². The van der Waals surface area contributed by atoms with Crippen LogP contribution in [-0.2, 0) is 0 Å². The molecule has 0 amide bonds. The molecule has 0 bridgehead atoms. The summed E-state index contributed by atoms with van der Waals surface area (Å²) < 4.78 is 0. The lowest BCUT2D eigenvalue weighted by Gasteiger charge is -1.64. The highest BCUT2D eigenvalue weighted by Gasteiger charge is 1.56. The summed E-state index contributed by atoms with van der Waals surface area (Å²) >= 11 is 0. The van der Waals surface area contributed by atoms with Crippen LogP contribution in [0.5, 0.6) is 0 Å². The molecular formula is C7H6N2. The SMILES string of the molecule is C#CC#CN=N/C=C\C. The first kappa shape index (κ1) is 7.46. The van der Waals surface area contributed by atoms with Gasteiger partial charge in [0.25, 0.3) is 0 Å². The molecule has 0 N–H and O–H groups in total. The number of nitrogens with zero attached hydrogens (tertiary/aromatic N) is 2.